The maximum Gasteiger partial charge on any atom is 0.122 e. The van der Waals surface area contributed by atoms with Crippen molar-refractivity contribution in [3.8, 4) is 5.75 Å². The van der Waals surface area contributed by atoms with Gasteiger partial charge in [0.05, 0.1) is 0 Å². The number of likely N-dealkylation sites (N-methyl/N-ethyl adjacent to an activating group) is 1. The van der Waals surface area contributed by atoms with Gasteiger partial charge in [0, 0.05) is 24.7 Å². The van der Waals surface area contributed by atoms with E-state index in [9.17, 15) is 5.11 Å². The zero-order valence-corrected chi connectivity index (χ0v) is 13.0. The number of benzene rings is 2. The van der Waals surface area contributed by atoms with Gasteiger partial charge in [-0.05, 0) is 32.1 Å². The second kappa shape index (κ2) is 7.25. The van der Waals surface area contributed by atoms with Crippen LogP contribution in [-0.4, -0.2) is 30.6 Å². The van der Waals surface area contributed by atoms with Crippen molar-refractivity contribution >= 4 is 0 Å². The summed E-state index contributed by atoms with van der Waals surface area (Å²) in [5, 5.41) is 13.7. The van der Waals surface area contributed by atoms with Gasteiger partial charge < -0.3 is 15.3 Å². The van der Waals surface area contributed by atoms with Crippen LogP contribution in [0.3, 0.4) is 0 Å². The zero-order chi connectivity index (χ0) is 15.2. The van der Waals surface area contributed by atoms with Gasteiger partial charge in [0.1, 0.15) is 5.75 Å². The Morgan fingerprint density at radius 2 is 1.76 bits per heavy atom. The van der Waals surface area contributed by atoms with Gasteiger partial charge in [0.15, 0.2) is 0 Å². The molecule has 21 heavy (non-hydrogen) atoms. The number of phenolic OH excluding ortho intramolecular Hbond substituents is 1. The van der Waals surface area contributed by atoms with Crippen LogP contribution in [0, 0.1) is 6.92 Å². The molecule has 1 unspecified atom stereocenters. The molecule has 0 aliphatic carbocycles. The van der Waals surface area contributed by atoms with E-state index >= 15 is 0 Å². The molecule has 0 radical (unpaired) electrons. The monoisotopic (exact) mass is 284 g/mol. The molecule has 0 aromatic heterocycles. The van der Waals surface area contributed by atoms with Crippen LogP contribution in [-0.2, 0) is 6.54 Å². The van der Waals surface area contributed by atoms with Gasteiger partial charge in [-0.3, -0.25) is 0 Å². The lowest BCUT2D eigenvalue weighted by Crippen LogP contribution is -2.30. The topological polar surface area (TPSA) is 35.5 Å². The summed E-state index contributed by atoms with van der Waals surface area (Å²) < 4.78 is 0. The Hall–Kier alpha value is -1.84. The molecule has 0 bridgehead atoms. The average Bonchev–Trinajstić information content (AvgIpc) is 2.48. The fourth-order valence-electron chi connectivity index (χ4n) is 2.43. The van der Waals surface area contributed by atoms with Crippen LogP contribution in [0.2, 0.25) is 0 Å². The van der Waals surface area contributed by atoms with Gasteiger partial charge in [0.25, 0.3) is 0 Å². The van der Waals surface area contributed by atoms with Crippen LogP contribution in [0.25, 0.3) is 0 Å². The van der Waals surface area contributed by atoms with Gasteiger partial charge in [-0.15, -0.1) is 0 Å². The number of para-hydroxylation sites is 1. The second-order valence-corrected chi connectivity index (χ2v) is 5.69. The first-order chi connectivity index (χ1) is 10.1. The van der Waals surface area contributed by atoms with E-state index < -0.39 is 0 Å². The van der Waals surface area contributed by atoms with Crippen LogP contribution in [0.15, 0.2) is 48.5 Å². The van der Waals surface area contributed by atoms with Crippen molar-refractivity contribution in [1.29, 1.82) is 0 Å². The maximum atomic E-state index is 10.1. The Balaban J connectivity index is 2.11. The number of phenols is 1. The fourth-order valence-corrected chi connectivity index (χ4v) is 2.43. The number of hydrogen-bond acceptors (Lipinski definition) is 3. The number of aryl methyl sites for hydroxylation is 1. The minimum atomic E-state index is 0.237. The summed E-state index contributed by atoms with van der Waals surface area (Å²) >= 11 is 0. The molecule has 0 aliphatic heterocycles. The third kappa shape index (κ3) is 4.31. The Kier molecular flexibility index (Phi) is 5.37. The first kappa shape index (κ1) is 15.5. The first-order valence-electron chi connectivity index (χ1n) is 7.28. The summed E-state index contributed by atoms with van der Waals surface area (Å²) in [5.41, 5.74) is 3.12. The third-order valence-electron chi connectivity index (χ3n) is 3.61. The van der Waals surface area contributed by atoms with Crippen LogP contribution >= 0.6 is 0 Å². The smallest absolute Gasteiger partial charge is 0.122 e. The standard InChI is InChI=1S/C18H24N2O/c1-14-8-7-11-16(18(14)21)12-19-17(13-20(2)3)15-9-5-4-6-10-15/h4-11,17,19,21H,12-13H2,1-3H3. The van der Waals surface area contributed by atoms with Crippen molar-refractivity contribution in [2.75, 3.05) is 20.6 Å². The minimum Gasteiger partial charge on any atom is -0.507 e. The highest BCUT2D eigenvalue weighted by atomic mass is 16.3. The molecule has 0 fully saturated rings. The Morgan fingerprint density at radius 1 is 1.05 bits per heavy atom. The molecule has 0 saturated heterocycles. The van der Waals surface area contributed by atoms with E-state index in [4.69, 9.17) is 0 Å². The van der Waals surface area contributed by atoms with Gasteiger partial charge in [-0.1, -0.05) is 48.5 Å². The summed E-state index contributed by atoms with van der Waals surface area (Å²) in [6.45, 7) is 3.49. The number of nitrogens with zero attached hydrogens (tertiary/aromatic N) is 1. The van der Waals surface area contributed by atoms with E-state index in [1.54, 1.807) is 0 Å². The molecule has 2 aromatic rings. The van der Waals surface area contributed by atoms with E-state index in [2.05, 4.69) is 48.6 Å². The van der Waals surface area contributed by atoms with Crippen molar-refractivity contribution in [3.05, 3.63) is 65.2 Å². The largest absolute Gasteiger partial charge is 0.507 e. The summed E-state index contributed by atoms with van der Waals surface area (Å²) in [6, 6.07) is 16.5. The number of nitrogens with one attached hydrogen (secondary N) is 1. The van der Waals surface area contributed by atoms with Crippen molar-refractivity contribution < 1.29 is 5.11 Å². The Bertz CT molecular complexity index is 567. The van der Waals surface area contributed by atoms with E-state index in [0.29, 0.717) is 12.3 Å². The Morgan fingerprint density at radius 3 is 2.43 bits per heavy atom. The third-order valence-corrected chi connectivity index (χ3v) is 3.61. The Labute approximate surface area is 127 Å². The lowest BCUT2D eigenvalue weighted by molar-refractivity contribution is 0.339. The molecular formula is C18H24N2O. The molecule has 0 aliphatic rings. The second-order valence-electron chi connectivity index (χ2n) is 5.69. The molecule has 1 atom stereocenters. The normalized spacial score (nSPS) is 12.6. The van der Waals surface area contributed by atoms with Crippen LogP contribution in [0.1, 0.15) is 22.7 Å². The molecule has 0 heterocycles. The van der Waals surface area contributed by atoms with Gasteiger partial charge in [-0.25, -0.2) is 0 Å². The van der Waals surface area contributed by atoms with Crippen molar-refractivity contribution in [2.45, 2.75) is 19.5 Å². The molecule has 2 N–H and O–H groups in total. The molecular weight excluding hydrogens is 260 g/mol. The van der Waals surface area contributed by atoms with Crippen molar-refractivity contribution in [3.63, 3.8) is 0 Å². The number of aromatic hydroxyl groups is 1. The van der Waals surface area contributed by atoms with Crippen LogP contribution < -0.4 is 5.32 Å². The predicted molar refractivity (Wildman–Crippen MR) is 87.4 cm³/mol. The lowest BCUT2D eigenvalue weighted by Gasteiger charge is -2.23. The quantitative estimate of drug-likeness (QED) is 0.855. The highest BCUT2D eigenvalue weighted by Crippen LogP contribution is 2.22. The maximum absolute atomic E-state index is 10.1. The molecule has 2 rings (SSSR count). The molecule has 112 valence electrons. The van der Waals surface area contributed by atoms with Gasteiger partial charge in [0.2, 0.25) is 0 Å². The van der Waals surface area contributed by atoms with E-state index in [-0.39, 0.29) is 6.04 Å². The zero-order valence-electron chi connectivity index (χ0n) is 13.0. The van der Waals surface area contributed by atoms with E-state index in [0.717, 1.165) is 17.7 Å². The van der Waals surface area contributed by atoms with Crippen molar-refractivity contribution in [1.82, 2.24) is 10.2 Å². The fraction of sp³-hybridized carbons (Fsp3) is 0.333. The van der Waals surface area contributed by atoms with Gasteiger partial charge >= 0.3 is 0 Å². The molecule has 0 spiro atoms. The minimum absolute atomic E-state index is 0.237. The summed E-state index contributed by atoms with van der Waals surface area (Å²) in [5.74, 6) is 0.390. The van der Waals surface area contributed by atoms with Crippen molar-refractivity contribution in [2.24, 2.45) is 0 Å². The van der Waals surface area contributed by atoms with Gasteiger partial charge in [-0.2, -0.15) is 0 Å². The molecule has 3 nitrogen and oxygen atoms in total. The lowest BCUT2D eigenvalue weighted by atomic mass is 10.1. The molecule has 0 amide bonds. The SMILES string of the molecule is Cc1cccc(CNC(CN(C)C)c2ccccc2)c1O. The van der Waals surface area contributed by atoms with Crippen LogP contribution in [0.4, 0.5) is 0 Å². The van der Waals surface area contributed by atoms with Crippen LogP contribution in [0.5, 0.6) is 5.75 Å². The predicted octanol–water partition coefficient (Wildman–Crippen LogP) is 3.09. The summed E-state index contributed by atoms with van der Waals surface area (Å²) in [4.78, 5) is 2.17. The number of hydrogen-bond donors (Lipinski definition) is 2. The molecule has 2 aromatic carbocycles. The first-order valence-corrected chi connectivity index (χ1v) is 7.28. The summed E-state index contributed by atoms with van der Waals surface area (Å²) in [7, 11) is 4.14. The summed E-state index contributed by atoms with van der Waals surface area (Å²) in [6.07, 6.45) is 0. The highest BCUT2D eigenvalue weighted by Gasteiger charge is 2.13. The van der Waals surface area contributed by atoms with E-state index in [1.807, 2.05) is 31.2 Å². The molecule has 0 saturated carbocycles. The van der Waals surface area contributed by atoms with E-state index in [1.165, 1.54) is 5.56 Å². The average molecular weight is 284 g/mol. The number of rotatable bonds is 6. The molecule has 3 heteroatoms. The highest BCUT2D eigenvalue weighted by molar-refractivity contribution is 5.39.